The lowest BCUT2D eigenvalue weighted by Crippen LogP contribution is -2.37. The number of esters is 1. The maximum absolute atomic E-state index is 13.6. The zero-order chi connectivity index (χ0) is 25.1. The Balaban J connectivity index is 1.52. The standard InChI is InChI=1S/C21H24N7O6P/c1-14(20(29)31-2)27-35(30,34-16-6-4-3-5-7-16)33-11-21(10-22)8-15(9-32-21)28-13-26-17-18(23)24-12-25-19(17)28/h3-7,12-15H,8-9,11H2,1-2H3,(H,27,30)(H2,23,24,25)/t14-,15+,21-,35?/m0/s1. The summed E-state index contributed by atoms with van der Waals surface area (Å²) in [5.74, 6) is -0.169. The highest BCUT2D eigenvalue weighted by Gasteiger charge is 2.45. The second-order valence-corrected chi connectivity index (χ2v) is 9.60. The third-order valence-corrected chi connectivity index (χ3v) is 7.07. The number of para-hydroxylation sites is 1. The molecule has 0 bridgehead atoms. The van der Waals surface area contributed by atoms with Crippen LogP contribution in [0.3, 0.4) is 0 Å². The maximum atomic E-state index is 13.6. The van der Waals surface area contributed by atoms with Crippen LogP contribution in [0, 0.1) is 11.3 Å². The van der Waals surface area contributed by atoms with Gasteiger partial charge < -0.3 is 24.3 Å². The van der Waals surface area contributed by atoms with Gasteiger partial charge in [-0.05, 0) is 19.1 Å². The molecule has 4 rings (SSSR count). The molecule has 1 saturated heterocycles. The molecule has 3 N–H and O–H groups in total. The summed E-state index contributed by atoms with van der Waals surface area (Å²) >= 11 is 0. The van der Waals surface area contributed by atoms with E-state index in [1.165, 1.54) is 20.4 Å². The summed E-state index contributed by atoms with van der Waals surface area (Å²) in [5.41, 5.74) is 5.37. The Hall–Kier alpha value is -3.56. The van der Waals surface area contributed by atoms with Crippen LogP contribution in [0.25, 0.3) is 11.2 Å². The van der Waals surface area contributed by atoms with Crippen molar-refractivity contribution in [3.63, 3.8) is 0 Å². The molecule has 1 fully saturated rings. The van der Waals surface area contributed by atoms with Gasteiger partial charge in [-0.3, -0.25) is 9.32 Å². The van der Waals surface area contributed by atoms with Crippen molar-refractivity contribution in [3.05, 3.63) is 43.0 Å². The Morgan fingerprint density at radius 3 is 2.89 bits per heavy atom. The van der Waals surface area contributed by atoms with E-state index in [-0.39, 0.29) is 30.6 Å². The Bertz CT molecular complexity index is 1300. The molecule has 1 aliphatic heterocycles. The van der Waals surface area contributed by atoms with E-state index in [0.717, 1.165) is 0 Å². The molecule has 3 heterocycles. The number of fused-ring (bicyclic) bond motifs is 1. The van der Waals surface area contributed by atoms with Gasteiger partial charge in [0.2, 0.25) is 0 Å². The van der Waals surface area contributed by atoms with Crippen LogP contribution in [0.1, 0.15) is 19.4 Å². The van der Waals surface area contributed by atoms with Gasteiger partial charge in [-0.2, -0.15) is 10.3 Å². The molecule has 35 heavy (non-hydrogen) atoms. The summed E-state index contributed by atoms with van der Waals surface area (Å²) in [5, 5.41) is 12.5. The van der Waals surface area contributed by atoms with Crippen molar-refractivity contribution in [3.8, 4) is 11.8 Å². The van der Waals surface area contributed by atoms with Crippen molar-refractivity contribution >= 4 is 30.7 Å². The summed E-state index contributed by atoms with van der Waals surface area (Å²) in [4.78, 5) is 24.3. The first-order chi connectivity index (χ1) is 16.8. The number of aromatic nitrogens is 4. The lowest BCUT2D eigenvalue weighted by molar-refractivity contribution is -0.142. The van der Waals surface area contributed by atoms with Gasteiger partial charge in [-0.1, -0.05) is 18.2 Å². The van der Waals surface area contributed by atoms with Crippen molar-refractivity contribution in [1.29, 1.82) is 5.26 Å². The predicted octanol–water partition coefficient (Wildman–Crippen LogP) is 1.99. The first-order valence-corrected chi connectivity index (χ1v) is 12.2. The van der Waals surface area contributed by atoms with Gasteiger partial charge in [0, 0.05) is 6.42 Å². The Labute approximate surface area is 200 Å². The number of nitrogen functional groups attached to an aromatic ring is 1. The van der Waals surface area contributed by atoms with Crippen LogP contribution < -0.4 is 15.3 Å². The van der Waals surface area contributed by atoms with Gasteiger partial charge in [0.05, 0.1) is 26.1 Å². The van der Waals surface area contributed by atoms with Gasteiger partial charge in [-0.25, -0.2) is 19.5 Å². The minimum atomic E-state index is -4.14. The van der Waals surface area contributed by atoms with Crippen LogP contribution in [-0.2, 0) is 23.4 Å². The molecular weight excluding hydrogens is 477 g/mol. The average Bonchev–Trinajstić information content (AvgIpc) is 3.48. The Kier molecular flexibility index (Phi) is 7.00. The Morgan fingerprint density at radius 2 is 2.17 bits per heavy atom. The largest absolute Gasteiger partial charge is 0.468 e. The first-order valence-electron chi connectivity index (χ1n) is 10.6. The van der Waals surface area contributed by atoms with Crippen LogP contribution in [0.5, 0.6) is 5.75 Å². The number of carbonyl (C=O) groups excluding carboxylic acids is 1. The number of rotatable bonds is 9. The van der Waals surface area contributed by atoms with E-state index in [1.807, 2.05) is 0 Å². The molecule has 1 aromatic carbocycles. The molecule has 0 spiro atoms. The second kappa shape index (κ2) is 9.97. The molecule has 0 aliphatic carbocycles. The summed E-state index contributed by atoms with van der Waals surface area (Å²) in [7, 11) is -2.93. The topological polar surface area (TPSA) is 176 Å². The molecular formula is C21H24N7O6P. The minimum Gasteiger partial charge on any atom is -0.468 e. The predicted molar refractivity (Wildman–Crippen MR) is 123 cm³/mol. The van der Waals surface area contributed by atoms with E-state index < -0.39 is 32.0 Å². The zero-order valence-corrected chi connectivity index (χ0v) is 19.9. The fourth-order valence-electron chi connectivity index (χ4n) is 3.65. The highest BCUT2D eigenvalue weighted by Crippen LogP contribution is 2.47. The van der Waals surface area contributed by atoms with Crippen molar-refractivity contribution in [2.45, 2.75) is 31.0 Å². The van der Waals surface area contributed by atoms with Gasteiger partial charge in [-0.15, -0.1) is 0 Å². The summed E-state index contributed by atoms with van der Waals surface area (Å²) < 4.78 is 37.1. The van der Waals surface area contributed by atoms with Crippen molar-refractivity contribution in [2.24, 2.45) is 0 Å². The second-order valence-electron chi connectivity index (χ2n) is 7.91. The van der Waals surface area contributed by atoms with Gasteiger partial charge >= 0.3 is 13.7 Å². The number of nitrogens with one attached hydrogen (secondary N) is 1. The lowest BCUT2D eigenvalue weighted by Gasteiger charge is -2.26. The van der Waals surface area contributed by atoms with Gasteiger partial charge in [0.15, 0.2) is 17.1 Å². The number of benzene rings is 1. The van der Waals surface area contributed by atoms with Crippen molar-refractivity contribution in [1.82, 2.24) is 24.6 Å². The highest BCUT2D eigenvalue weighted by molar-refractivity contribution is 7.52. The number of methoxy groups -OCH3 is 1. The van der Waals surface area contributed by atoms with E-state index in [2.05, 4.69) is 30.8 Å². The number of hydrogen-bond acceptors (Lipinski definition) is 11. The number of nitrogens with two attached hydrogens (primary N) is 1. The molecule has 1 unspecified atom stereocenters. The molecule has 3 aromatic rings. The fraction of sp³-hybridized carbons (Fsp3) is 0.381. The quantitative estimate of drug-likeness (QED) is 0.322. The molecule has 14 heteroatoms. The number of nitrogens with zero attached hydrogens (tertiary/aromatic N) is 5. The molecule has 184 valence electrons. The lowest BCUT2D eigenvalue weighted by atomic mass is 10.0. The SMILES string of the molecule is COC(=O)[C@H](C)NP(=O)(OC[C@@]1(C#N)C[C@@H](n2cnc3c(N)ncnc32)CO1)Oc1ccccc1. The molecule has 0 radical (unpaired) electrons. The molecule has 2 aromatic heterocycles. The van der Waals surface area contributed by atoms with Crippen LogP contribution in [0.15, 0.2) is 43.0 Å². The minimum absolute atomic E-state index is 0.155. The normalized spacial score (nSPS) is 22.3. The molecule has 1 aliphatic rings. The summed E-state index contributed by atoms with van der Waals surface area (Å²) in [6.07, 6.45) is 3.08. The van der Waals surface area contributed by atoms with Crippen LogP contribution in [0.2, 0.25) is 0 Å². The maximum Gasteiger partial charge on any atom is 0.459 e. The van der Waals surface area contributed by atoms with Gasteiger partial charge in [0.1, 0.15) is 36.3 Å². The van der Waals surface area contributed by atoms with Crippen molar-refractivity contribution in [2.75, 3.05) is 26.1 Å². The van der Waals surface area contributed by atoms with Crippen LogP contribution in [-0.4, -0.2) is 57.5 Å². The highest BCUT2D eigenvalue weighted by atomic mass is 31.2. The molecule has 0 saturated carbocycles. The average molecular weight is 501 g/mol. The van der Waals surface area contributed by atoms with Crippen LogP contribution in [0.4, 0.5) is 5.82 Å². The molecule has 0 amide bonds. The fourth-order valence-corrected chi connectivity index (χ4v) is 5.18. The smallest absolute Gasteiger partial charge is 0.459 e. The molecule has 4 atom stereocenters. The van der Waals surface area contributed by atoms with E-state index in [0.29, 0.717) is 11.2 Å². The van der Waals surface area contributed by atoms with E-state index >= 15 is 0 Å². The number of ether oxygens (including phenoxy) is 2. The number of carbonyl (C=O) groups is 1. The summed E-state index contributed by atoms with van der Waals surface area (Å²) in [6, 6.07) is 9.11. The van der Waals surface area contributed by atoms with E-state index in [9.17, 15) is 14.6 Å². The van der Waals surface area contributed by atoms with E-state index in [1.54, 1.807) is 41.2 Å². The monoisotopic (exact) mass is 501 g/mol. The first kappa shape index (κ1) is 24.6. The molecule has 13 nitrogen and oxygen atoms in total. The number of imidazole rings is 1. The third-order valence-electron chi connectivity index (χ3n) is 5.44. The van der Waals surface area contributed by atoms with Crippen LogP contribution >= 0.6 is 7.75 Å². The summed E-state index contributed by atoms with van der Waals surface area (Å²) in [6.45, 7) is 1.22. The van der Waals surface area contributed by atoms with E-state index in [4.69, 9.17) is 19.5 Å². The number of nitriles is 1. The Morgan fingerprint density at radius 1 is 1.40 bits per heavy atom. The number of anilines is 1. The third kappa shape index (κ3) is 5.26. The number of hydrogen-bond donors (Lipinski definition) is 2. The zero-order valence-electron chi connectivity index (χ0n) is 19.0. The van der Waals surface area contributed by atoms with Gasteiger partial charge in [0.25, 0.3) is 0 Å². The van der Waals surface area contributed by atoms with Crippen molar-refractivity contribution < 1.29 is 27.9 Å².